The lowest BCUT2D eigenvalue weighted by Gasteiger charge is -2.20. The largest absolute Gasteiger partial charge is 0.489 e. The fourth-order valence-corrected chi connectivity index (χ4v) is 3.72. The Bertz CT molecular complexity index is 613. The molecule has 0 saturated heterocycles. The fourth-order valence-electron chi connectivity index (χ4n) is 1.79. The van der Waals surface area contributed by atoms with E-state index in [2.05, 4.69) is 0 Å². The smallest absolute Gasteiger partial charge is 0.313 e. The third kappa shape index (κ3) is 3.02. The topological polar surface area (TPSA) is 89.8 Å². The van der Waals surface area contributed by atoms with Crippen LogP contribution in [0, 0.1) is 10.1 Å². The van der Waals surface area contributed by atoms with Crippen molar-refractivity contribution in [3.05, 3.63) is 27.3 Å². The molecule has 0 amide bonds. The van der Waals surface area contributed by atoms with Crippen molar-refractivity contribution in [3.63, 3.8) is 0 Å². The first-order chi connectivity index (χ1) is 9.29. The van der Waals surface area contributed by atoms with E-state index in [1.807, 2.05) is 0 Å². The van der Waals surface area contributed by atoms with Crippen LogP contribution in [0.5, 0.6) is 5.75 Å². The molecule has 0 bridgehead atoms. The molecule has 0 unspecified atom stereocenters. The molecule has 0 spiro atoms. The SMILES string of the molecule is CCN(CC)S(=O)(=O)c1cc(Cl)cc([N+](=O)[O-])c1OC. The number of benzene rings is 1. The molecule has 112 valence electrons. The standard InChI is InChI=1S/C11H15ClN2O5S/c1-4-13(5-2)20(17,18)10-7-8(12)6-9(14(15)16)11(10)19-3/h6-7H,4-5H2,1-3H3. The van der Waals surface area contributed by atoms with E-state index in [-0.39, 0.29) is 28.8 Å². The molecule has 7 nitrogen and oxygen atoms in total. The summed E-state index contributed by atoms with van der Waals surface area (Å²) in [5, 5.41) is 10.9. The number of nitrogens with zero attached hydrogens (tertiary/aromatic N) is 2. The first kappa shape index (κ1) is 16.7. The molecule has 0 N–H and O–H groups in total. The lowest BCUT2D eigenvalue weighted by Crippen LogP contribution is -2.31. The predicted molar refractivity (Wildman–Crippen MR) is 74.8 cm³/mol. The number of nitro groups is 1. The van der Waals surface area contributed by atoms with Gasteiger partial charge in [0, 0.05) is 24.2 Å². The van der Waals surface area contributed by atoms with Crippen LogP contribution >= 0.6 is 11.6 Å². The van der Waals surface area contributed by atoms with Crippen LogP contribution in [0.15, 0.2) is 17.0 Å². The van der Waals surface area contributed by atoms with E-state index in [9.17, 15) is 18.5 Å². The molecule has 1 rings (SSSR count). The molecule has 0 heterocycles. The van der Waals surface area contributed by atoms with Crippen LogP contribution in [0.3, 0.4) is 0 Å². The minimum atomic E-state index is -3.90. The molecule has 0 atom stereocenters. The summed E-state index contributed by atoms with van der Waals surface area (Å²) in [4.78, 5) is 9.95. The lowest BCUT2D eigenvalue weighted by atomic mass is 10.3. The second kappa shape index (κ2) is 6.38. The monoisotopic (exact) mass is 322 g/mol. The summed E-state index contributed by atoms with van der Waals surface area (Å²) in [6.07, 6.45) is 0. The highest BCUT2D eigenvalue weighted by molar-refractivity contribution is 7.89. The van der Waals surface area contributed by atoms with Crippen molar-refractivity contribution in [2.45, 2.75) is 18.7 Å². The molecule has 0 radical (unpaired) electrons. The van der Waals surface area contributed by atoms with Crippen molar-refractivity contribution in [1.29, 1.82) is 0 Å². The molecule has 1 aromatic carbocycles. The summed E-state index contributed by atoms with van der Waals surface area (Å²) in [7, 11) is -2.72. The summed E-state index contributed by atoms with van der Waals surface area (Å²) < 4.78 is 31.0. The molecule has 0 saturated carbocycles. The Balaban J connectivity index is 3.64. The summed E-state index contributed by atoms with van der Waals surface area (Å²) in [6, 6.07) is 2.21. The van der Waals surface area contributed by atoms with Crippen molar-refractivity contribution in [3.8, 4) is 5.75 Å². The molecule has 9 heteroatoms. The first-order valence-corrected chi connectivity index (χ1v) is 7.63. The van der Waals surface area contributed by atoms with Gasteiger partial charge < -0.3 is 4.74 Å². The maximum absolute atomic E-state index is 12.5. The molecule has 0 fully saturated rings. The minimum Gasteiger partial charge on any atom is -0.489 e. The van der Waals surface area contributed by atoms with Gasteiger partial charge in [0.25, 0.3) is 0 Å². The van der Waals surface area contributed by atoms with Gasteiger partial charge in [-0.25, -0.2) is 8.42 Å². The maximum atomic E-state index is 12.5. The van der Waals surface area contributed by atoms with Crippen LogP contribution < -0.4 is 4.74 Å². The second-order valence-corrected chi connectivity index (χ2v) is 6.15. The highest BCUT2D eigenvalue weighted by Gasteiger charge is 2.31. The zero-order valence-electron chi connectivity index (χ0n) is 11.3. The van der Waals surface area contributed by atoms with E-state index < -0.39 is 20.6 Å². The van der Waals surface area contributed by atoms with Gasteiger partial charge in [0.1, 0.15) is 4.90 Å². The van der Waals surface area contributed by atoms with Crippen molar-refractivity contribution < 1.29 is 18.1 Å². The van der Waals surface area contributed by atoms with Crippen LogP contribution in [0.1, 0.15) is 13.8 Å². The van der Waals surface area contributed by atoms with E-state index in [1.165, 1.54) is 11.4 Å². The van der Waals surface area contributed by atoms with Gasteiger partial charge in [-0.05, 0) is 6.07 Å². The molecule has 0 aliphatic carbocycles. The van der Waals surface area contributed by atoms with Crippen molar-refractivity contribution >= 4 is 27.3 Å². The number of nitro benzene ring substituents is 1. The highest BCUT2D eigenvalue weighted by atomic mass is 35.5. The van der Waals surface area contributed by atoms with E-state index in [1.54, 1.807) is 13.8 Å². The van der Waals surface area contributed by atoms with E-state index in [4.69, 9.17) is 16.3 Å². The Morgan fingerprint density at radius 3 is 2.30 bits per heavy atom. The van der Waals surface area contributed by atoms with Crippen LogP contribution in [0.25, 0.3) is 0 Å². The average Bonchev–Trinajstić information content (AvgIpc) is 2.38. The number of rotatable bonds is 6. The van der Waals surface area contributed by atoms with Crippen molar-refractivity contribution in [2.24, 2.45) is 0 Å². The van der Waals surface area contributed by atoms with E-state index in [0.717, 1.165) is 12.1 Å². The Morgan fingerprint density at radius 2 is 1.90 bits per heavy atom. The summed E-state index contributed by atoms with van der Waals surface area (Å²) in [5.41, 5.74) is -0.481. The van der Waals surface area contributed by atoms with Gasteiger partial charge in [-0.1, -0.05) is 25.4 Å². The number of hydrogen-bond donors (Lipinski definition) is 0. The van der Waals surface area contributed by atoms with E-state index in [0.29, 0.717) is 0 Å². The Labute approximate surface area is 122 Å². The van der Waals surface area contributed by atoms with Gasteiger partial charge in [0.15, 0.2) is 0 Å². The fraction of sp³-hybridized carbons (Fsp3) is 0.455. The number of halogens is 1. The number of methoxy groups -OCH3 is 1. The quantitative estimate of drug-likeness (QED) is 0.592. The first-order valence-electron chi connectivity index (χ1n) is 5.81. The maximum Gasteiger partial charge on any atom is 0.313 e. The minimum absolute atomic E-state index is 0.0387. The zero-order valence-corrected chi connectivity index (χ0v) is 12.9. The van der Waals surface area contributed by atoms with E-state index >= 15 is 0 Å². The molecular formula is C11H15ClN2O5S. The van der Waals surface area contributed by atoms with Crippen molar-refractivity contribution in [2.75, 3.05) is 20.2 Å². The second-order valence-electron chi connectivity index (χ2n) is 3.80. The molecule has 0 aliphatic rings. The summed E-state index contributed by atoms with van der Waals surface area (Å²) >= 11 is 5.78. The number of hydrogen-bond acceptors (Lipinski definition) is 5. The Hall–Kier alpha value is -1.38. The van der Waals surface area contributed by atoms with Gasteiger partial charge in [-0.15, -0.1) is 0 Å². The van der Waals surface area contributed by atoms with Gasteiger partial charge in [-0.3, -0.25) is 10.1 Å². The zero-order chi connectivity index (χ0) is 15.5. The van der Waals surface area contributed by atoms with Gasteiger partial charge >= 0.3 is 5.69 Å². The highest BCUT2D eigenvalue weighted by Crippen LogP contribution is 2.38. The Kier molecular flexibility index (Phi) is 5.32. The number of ether oxygens (including phenoxy) is 1. The van der Waals surface area contributed by atoms with Crippen LogP contribution in [-0.4, -0.2) is 37.8 Å². The van der Waals surface area contributed by atoms with Crippen LogP contribution in [0.4, 0.5) is 5.69 Å². The van der Waals surface area contributed by atoms with Crippen molar-refractivity contribution in [1.82, 2.24) is 4.31 Å². The molecular weight excluding hydrogens is 308 g/mol. The molecule has 0 aromatic heterocycles. The molecule has 20 heavy (non-hydrogen) atoms. The normalized spacial score (nSPS) is 11.7. The number of sulfonamides is 1. The van der Waals surface area contributed by atoms with Gasteiger partial charge in [-0.2, -0.15) is 4.31 Å². The summed E-state index contributed by atoms with van der Waals surface area (Å²) in [6.45, 7) is 3.82. The Morgan fingerprint density at radius 1 is 1.35 bits per heavy atom. The third-order valence-electron chi connectivity index (χ3n) is 2.72. The van der Waals surface area contributed by atoms with Gasteiger partial charge in [0.2, 0.25) is 15.8 Å². The third-order valence-corrected chi connectivity index (χ3v) is 5.00. The van der Waals surface area contributed by atoms with Gasteiger partial charge in [0.05, 0.1) is 12.0 Å². The average molecular weight is 323 g/mol. The lowest BCUT2D eigenvalue weighted by molar-refractivity contribution is -0.386. The molecule has 1 aromatic rings. The van der Waals surface area contributed by atoms with Crippen LogP contribution in [0.2, 0.25) is 5.02 Å². The molecule has 0 aliphatic heterocycles. The summed E-state index contributed by atoms with van der Waals surface area (Å²) in [5.74, 6) is -0.314. The predicted octanol–water partition coefficient (Wildman–Crippen LogP) is 2.29. The van der Waals surface area contributed by atoms with Crippen LogP contribution in [-0.2, 0) is 10.0 Å².